The minimum absolute atomic E-state index is 0.0517. The number of nitrogens with two attached hydrogens (primary N) is 1. The molecule has 0 aromatic carbocycles. The van der Waals surface area contributed by atoms with Crippen LogP contribution in [-0.2, 0) is 0 Å². The molecule has 14 heavy (non-hydrogen) atoms. The van der Waals surface area contributed by atoms with Gasteiger partial charge in [0.2, 0.25) is 0 Å². The van der Waals surface area contributed by atoms with Gasteiger partial charge in [0.15, 0.2) is 0 Å². The van der Waals surface area contributed by atoms with Crippen LogP contribution in [0.3, 0.4) is 0 Å². The van der Waals surface area contributed by atoms with E-state index in [1.807, 2.05) is 6.92 Å². The molecule has 2 heteroatoms. The molecule has 0 spiro atoms. The zero-order valence-electron chi connectivity index (χ0n) is 9.38. The molecule has 2 nitrogen and oxygen atoms in total. The molecule has 80 valence electrons. The highest BCUT2D eigenvalue weighted by molar-refractivity contribution is 5.31. The minimum Gasteiger partial charge on any atom is -0.394 e. The van der Waals surface area contributed by atoms with Crippen molar-refractivity contribution in [2.45, 2.75) is 39.2 Å². The normalized spacial score (nSPS) is 38.2. The van der Waals surface area contributed by atoms with Crippen molar-refractivity contribution in [3.05, 3.63) is 11.6 Å². The highest BCUT2D eigenvalue weighted by atomic mass is 16.3. The Morgan fingerprint density at radius 1 is 1.64 bits per heavy atom. The maximum atomic E-state index is 9.29. The van der Waals surface area contributed by atoms with Crippen LogP contribution in [0.15, 0.2) is 11.6 Å². The molecule has 3 unspecified atom stereocenters. The Kier molecular flexibility index (Phi) is 2.06. The lowest BCUT2D eigenvalue weighted by Gasteiger charge is -2.58. The average Bonchev–Trinajstić information content (AvgIpc) is 2.17. The number of rotatable bonds is 2. The van der Waals surface area contributed by atoms with Gasteiger partial charge in [-0.25, -0.2) is 0 Å². The van der Waals surface area contributed by atoms with E-state index in [2.05, 4.69) is 19.9 Å². The largest absolute Gasteiger partial charge is 0.394 e. The second-order valence-corrected chi connectivity index (χ2v) is 5.78. The van der Waals surface area contributed by atoms with Crippen molar-refractivity contribution in [3.8, 4) is 0 Å². The quantitative estimate of drug-likeness (QED) is 0.659. The molecular formula is C12H21NO. The maximum Gasteiger partial charge on any atom is 0.0647 e. The van der Waals surface area contributed by atoms with Gasteiger partial charge in [-0.15, -0.1) is 0 Å². The first-order valence-electron chi connectivity index (χ1n) is 5.50. The summed E-state index contributed by atoms with van der Waals surface area (Å²) in [6, 6.07) is 0. The van der Waals surface area contributed by atoms with Crippen molar-refractivity contribution < 1.29 is 5.11 Å². The van der Waals surface area contributed by atoms with Gasteiger partial charge in [0.25, 0.3) is 0 Å². The van der Waals surface area contributed by atoms with Gasteiger partial charge in [-0.1, -0.05) is 19.9 Å². The molecule has 0 amide bonds. The lowest BCUT2D eigenvalue weighted by molar-refractivity contribution is -0.0171. The summed E-state index contributed by atoms with van der Waals surface area (Å²) in [4.78, 5) is 0. The molecule has 3 N–H and O–H groups in total. The fraction of sp³-hybridized carbons (Fsp3) is 0.833. The van der Waals surface area contributed by atoms with Crippen LogP contribution in [-0.4, -0.2) is 17.3 Å². The summed E-state index contributed by atoms with van der Waals surface area (Å²) in [7, 11) is 0. The first-order valence-corrected chi connectivity index (χ1v) is 5.50. The van der Waals surface area contributed by atoms with Gasteiger partial charge in [0.1, 0.15) is 0 Å². The predicted molar refractivity (Wildman–Crippen MR) is 57.8 cm³/mol. The third-order valence-electron chi connectivity index (χ3n) is 4.46. The summed E-state index contributed by atoms with van der Waals surface area (Å²) >= 11 is 0. The van der Waals surface area contributed by atoms with E-state index in [0.29, 0.717) is 11.3 Å². The molecule has 3 rings (SSSR count). The topological polar surface area (TPSA) is 46.2 Å². The lowest BCUT2D eigenvalue weighted by Crippen LogP contribution is -2.56. The molecule has 0 aliphatic heterocycles. The first kappa shape index (κ1) is 10.2. The van der Waals surface area contributed by atoms with Gasteiger partial charge in [-0.2, -0.15) is 0 Å². The Bertz CT molecular complexity index is 278. The van der Waals surface area contributed by atoms with E-state index < -0.39 is 5.54 Å². The van der Waals surface area contributed by atoms with Gasteiger partial charge in [0.05, 0.1) is 12.1 Å². The average molecular weight is 195 g/mol. The minimum atomic E-state index is -0.507. The lowest BCUT2D eigenvalue weighted by atomic mass is 9.47. The van der Waals surface area contributed by atoms with E-state index in [-0.39, 0.29) is 6.61 Å². The number of aliphatic hydroxyl groups excluding tert-OH is 1. The van der Waals surface area contributed by atoms with Crippen LogP contribution in [0.25, 0.3) is 0 Å². The molecule has 3 aliphatic rings. The van der Waals surface area contributed by atoms with E-state index in [4.69, 9.17) is 5.73 Å². The van der Waals surface area contributed by atoms with E-state index in [1.54, 1.807) is 0 Å². The molecule has 0 aromatic heterocycles. The summed E-state index contributed by atoms with van der Waals surface area (Å²) in [6.07, 6.45) is 4.68. The zero-order chi connectivity index (χ0) is 10.6. The standard InChI is InChI=1S/C12H21NO/c1-11(2)8-4-5-9(10(11)6-8)12(3,13)7-14/h5,8,10,14H,4,6-7,13H2,1-3H3. The molecular weight excluding hydrogens is 174 g/mol. The van der Waals surface area contributed by atoms with E-state index in [1.165, 1.54) is 12.0 Å². The predicted octanol–water partition coefficient (Wildman–Crippen LogP) is 1.69. The van der Waals surface area contributed by atoms with Crippen molar-refractivity contribution in [3.63, 3.8) is 0 Å². The Balaban J connectivity index is 2.27. The van der Waals surface area contributed by atoms with Gasteiger partial charge < -0.3 is 10.8 Å². The Labute approximate surface area is 86.2 Å². The fourth-order valence-electron chi connectivity index (χ4n) is 3.08. The molecule has 3 atom stereocenters. The molecule has 1 saturated carbocycles. The smallest absolute Gasteiger partial charge is 0.0647 e. The zero-order valence-corrected chi connectivity index (χ0v) is 9.38. The Morgan fingerprint density at radius 2 is 2.29 bits per heavy atom. The van der Waals surface area contributed by atoms with Crippen LogP contribution in [0.5, 0.6) is 0 Å². The molecule has 0 saturated heterocycles. The second kappa shape index (κ2) is 2.83. The number of fused-ring (bicyclic) bond motifs is 1. The van der Waals surface area contributed by atoms with Gasteiger partial charge in [-0.05, 0) is 42.6 Å². The Morgan fingerprint density at radius 3 is 2.71 bits per heavy atom. The van der Waals surface area contributed by atoms with Crippen LogP contribution in [0.1, 0.15) is 33.6 Å². The number of hydrogen-bond donors (Lipinski definition) is 2. The van der Waals surface area contributed by atoms with E-state index in [9.17, 15) is 5.11 Å². The second-order valence-electron chi connectivity index (χ2n) is 5.78. The first-order chi connectivity index (χ1) is 6.39. The number of aliphatic hydroxyl groups is 1. The summed E-state index contributed by atoms with van der Waals surface area (Å²) < 4.78 is 0. The molecule has 1 fully saturated rings. The molecule has 3 aliphatic carbocycles. The van der Waals surface area contributed by atoms with Crippen molar-refractivity contribution in [1.82, 2.24) is 0 Å². The number of allylic oxidation sites excluding steroid dienone is 1. The van der Waals surface area contributed by atoms with Crippen LogP contribution in [0, 0.1) is 17.3 Å². The summed E-state index contributed by atoms with van der Waals surface area (Å²) in [5.41, 5.74) is 7.29. The van der Waals surface area contributed by atoms with Crippen molar-refractivity contribution in [1.29, 1.82) is 0 Å². The van der Waals surface area contributed by atoms with Gasteiger partial charge in [-0.3, -0.25) is 0 Å². The summed E-state index contributed by atoms with van der Waals surface area (Å²) in [5.74, 6) is 1.44. The number of hydrogen-bond acceptors (Lipinski definition) is 2. The van der Waals surface area contributed by atoms with Crippen molar-refractivity contribution >= 4 is 0 Å². The van der Waals surface area contributed by atoms with Crippen LogP contribution in [0.2, 0.25) is 0 Å². The van der Waals surface area contributed by atoms with Crippen LogP contribution in [0.4, 0.5) is 0 Å². The molecule has 0 radical (unpaired) electrons. The molecule has 0 aromatic rings. The van der Waals surface area contributed by atoms with Crippen molar-refractivity contribution in [2.24, 2.45) is 23.0 Å². The summed E-state index contributed by atoms with van der Waals surface area (Å²) in [5, 5.41) is 9.29. The maximum absolute atomic E-state index is 9.29. The monoisotopic (exact) mass is 195 g/mol. The highest BCUT2D eigenvalue weighted by Gasteiger charge is 2.53. The summed E-state index contributed by atoms with van der Waals surface area (Å²) in [6.45, 7) is 6.64. The van der Waals surface area contributed by atoms with Gasteiger partial charge in [0, 0.05) is 0 Å². The Hall–Kier alpha value is -0.340. The fourth-order valence-corrected chi connectivity index (χ4v) is 3.08. The highest BCUT2D eigenvalue weighted by Crippen LogP contribution is 2.60. The molecule has 0 heterocycles. The van der Waals surface area contributed by atoms with E-state index in [0.717, 1.165) is 12.3 Å². The SMILES string of the molecule is CC(N)(CO)C1=CCC2CC1C2(C)C. The van der Waals surface area contributed by atoms with Crippen LogP contribution >= 0.6 is 0 Å². The third-order valence-corrected chi connectivity index (χ3v) is 4.46. The third kappa shape index (κ3) is 1.17. The van der Waals surface area contributed by atoms with E-state index >= 15 is 0 Å². The molecule has 2 bridgehead atoms. The van der Waals surface area contributed by atoms with Gasteiger partial charge >= 0.3 is 0 Å². The van der Waals surface area contributed by atoms with Crippen molar-refractivity contribution in [2.75, 3.05) is 6.61 Å². The van der Waals surface area contributed by atoms with Crippen LogP contribution < -0.4 is 5.73 Å².